The van der Waals surface area contributed by atoms with Crippen molar-refractivity contribution in [2.75, 3.05) is 27.3 Å². The molecular weight excluding hydrogens is 644 g/mol. The van der Waals surface area contributed by atoms with Crippen molar-refractivity contribution in [3.8, 4) is 17.3 Å². The van der Waals surface area contributed by atoms with Crippen LogP contribution in [-0.2, 0) is 24.8 Å². The van der Waals surface area contributed by atoms with Crippen LogP contribution in [-0.4, -0.2) is 80.3 Å². The maximum absolute atomic E-state index is 13.7. The van der Waals surface area contributed by atoms with E-state index in [1.165, 1.54) is 6.20 Å². The summed E-state index contributed by atoms with van der Waals surface area (Å²) in [5.41, 5.74) is 12.0. The normalized spacial score (nSPS) is 20.3. The Morgan fingerprint density at radius 1 is 1.08 bits per heavy atom. The summed E-state index contributed by atoms with van der Waals surface area (Å²) in [5.74, 6) is 0.949. The second kappa shape index (κ2) is 13.4. The molecule has 12 nitrogen and oxygen atoms in total. The summed E-state index contributed by atoms with van der Waals surface area (Å²) >= 11 is 6.47. The van der Waals surface area contributed by atoms with Crippen LogP contribution < -0.4 is 15.8 Å². The molecule has 0 aliphatic carbocycles. The van der Waals surface area contributed by atoms with E-state index in [0.29, 0.717) is 53.3 Å². The minimum atomic E-state index is -0.366. The predicted octanol–water partition coefficient (Wildman–Crippen LogP) is 5.05. The first kappa shape index (κ1) is 33.0. The van der Waals surface area contributed by atoms with E-state index in [4.69, 9.17) is 36.8 Å². The smallest absolute Gasteiger partial charge is 0.254 e. The molecular formula is C36H41ClN8O4. The number of pyridine rings is 2. The highest BCUT2D eigenvalue weighted by molar-refractivity contribution is 6.33. The van der Waals surface area contributed by atoms with E-state index in [0.717, 1.165) is 65.1 Å². The summed E-state index contributed by atoms with van der Waals surface area (Å²) in [6.07, 6.45) is 7.26. The molecule has 1 aromatic carbocycles. The number of nitrogens with one attached hydrogen (secondary N) is 1. The lowest BCUT2D eigenvalue weighted by Gasteiger charge is -2.36. The van der Waals surface area contributed by atoms with Gasteiger partial charge in [0.25, 0.3) is 11.8 Å². The van der Waals surface area contributed by atoms with Crippen molar-refractivity contribution in [3.05, 3.63) is 70.1 Å². The fourth-order valence-electron chi connectivity index (χ4n) is 7.26. The Balaban J connectivity index is 1.28. The minimum Gasteiger partial charge on any atom is -0.494 e. The number of nitrogens with two attached hydrogens (primary N) is 1. The zero-order valence-electron chi connectivity index (χ0n) is 28.2. The average Bonchev–Trinajstić information content (AvgIpc) is 3.63. The summed E-state index contributed by atoms with van der Waals surface area (Å²) in [7, 11) is 5.22. The Bertz CT molecular complexity index is 2070. The van der Waals surface area contributed by atoms with Gasteiger partial charge in [-0.15, -0.1) is 0 Å². The lowest BCUT2D eigenvalue weighted by molar-refractivity contribution is 0.0227. The Morgan fingerprint density at radius 3 is 2.69 bits per heavy atom. The third kappa shape index (κ3) is 6.02. The van der Waals surface area contributed by atoms with Gasteiger partial charge in [-0.1, -0.05) is 18.0 Å². The molecule has 0 spiro atoms. The van der Waals surface area contributed by atoms with Gasteiger partial charge in [-0.25, -0.2) is 9.97 Å². The summed E-state index contributed by atoms with van der Waals surface area (Å²) in [5, 5.41) is 4.42. The minimum absolute atomic E-state index is 0.0661. The van der Waals surface area contributed by atoms with Gasteiger partial charge in [0, 0.05) is 63.2 Å². The van der Waals surface area contributed by atoms with E-state index < -0.39 is 0 Å². The van der Waals surface area contributed by atoms with Gasteiger partial charge >= 0.3 is 0 Å². The predicted molar refractivity (Wildman–Crippen MR) is 188 cm³/mol. The number of fused-ring (bicyclic) bond motifs is 3. The first-order valence-corrected chi connectivity index (χ1v) is 17.1. The molecule has 1 saturated heterocycles. The van der Waals surface area contributed by atoms with Gasteiger partial charge in [0.15, 0.2) is 5.82 Å². The molecule has 3 N–H and O–H groups in total. The van der Waals surface area contributed by atoms with E-state index >= 15 is 0 Å². The molecule has 6 heterocycles. The van der Waals surface area contributed by atoms with Gasteiger partial charge in [-0.3, -0.25) is 14.6 Å². The number of rotatable bonds is 4. The molecule has 0 radical (unpaired) electrons. The number of hydrogen-bond donors (Lipinski definition) is 2. The lowest BCUT2D eigenvalue weighted by atomic mass is 10.0. The third-order valence-corrected chi connectivity index (χ3v) is 10.2. The lowest BCUT2D eigenvalue weighted by Crippen LogP contribution is -2.53. The quantitative estimate of drug-likeness (QED) is 0.268. The number of amides is 2. The number of piperidine rings is 1. The zero-order chi connectivity index (χ0) is 34.4. The summed E-state index contributed by atoms with van der Waals surface area (Å²) < 4.78 is 15.6. The number of benzene rings is 1. The zero-order valence-corrected chi connectivity index (χ0v) is 29.0. The van der Waals surface area contributed by atoms with Crippen LogP contribution in [0, 0.1) is 0 Å². The maximum Gasteiger partial charge on any atom is 0.254 e. The van der Waals surface area contributed by atoms with E-state index in [-0.39, 0.29) is 30.0 Å². The van der Waals surface area contributed by atoms with Crippen molar-refractivity contribution in [3.63, 3.8) is 0 Å². The van der Waals surface area contributed by atoms with E-state index in [2.05, 4.69) is 20.9 Å². The summed E-state index contributed by atoms with van der Waals surface area (Å²) in [4.78, 5) is 43.3. The molecule has 13 heteroatoms. The molecule has 2 aliphatic heterocycles. The van der Waals surface area contributed by atoms with Crippen molar-refractivity contribution in [1.29, 1.82) is 0 Å². The SMILES string of the molecule is COc1cc(C(=O)N2CC[C@@H](OC)[C@@H](N)C2)cc2nc(-c3cc4ccc5nc4n3CCCCCc3cncc(Cl)c3C(=O)N[C@@H]5C)n(C)c12. The van der Waals surface area contributed by atoms with Crippen molar-refractivity contribution in [1.82, 2.24) is 34.3 Å². The number of aromatic nitrogens is 5. The number of imidazole rings is 1. The Hall–Kier alpha value is -4.52. The molecule has 2 bridgehead atoms. The van der Waals surface area contributed by atoms with E-state index in [1.807, 2.05) is 36.7 Å². The van der Waals surface area contributed by atoms with Gasteiger partial charge in [0.2, 0.25) is 0 Å². The Labute approximate surface area is 289 Å². The number of ether oxygens (including phenoxy) is 2. The van der Waals surface area contributed by atoms with Crippen LogP contribution in [0.1, 0.15) is 70.6 Å². The van der Waals surface area contributed by atoms with Crippen LogP contribution in [0.25, 0.3) is 33.6 Å². The van der Waals surface area contributed by atoms with E-state index in [1.54, 1.807) is 31.4 Å². The van der Waals surface area contributed by atoms with Gasteiger partial charge in [-0.05, 0) is 68.5 Å². The van der Waals surface area contributed by atoms with Gasteiger partial charge < -0.3 is 34.6 Å². The monoisotopic (exact) mass is 684 g/mol. The number of carbonyl (C=O) groups excluding carboxylic acids is 2. The Kier molecular flexibility index (Phi) is 9.03. The number of hydrogen-bond acceptors (Lipinski definition) is 8. The third-order valence-electron chi connectivity index (χ3n) is 9.90. The highest BCUT2D eigenvalue weighted by Gasteiger charge is 2.31. The molecule has 2 aliphatic rings. The highest BCUT2D eigenvalue weighted by atomic mass is 35.5. The fraction of sp³-hybridized carbons (Fsp3) is 0.417. The number of aryl methyl sites for hydroxylation is 3. The Morgan fingerprint density at radius 2 is 1.92 bits per heavy atom. The average molecular weight is 685 g/mol. The van der Waals surface area contributed by atoms with Crippen LogP contribution in [0.15, 0.2) is 42.7 Å². The standard InChI is InChI=1S/C36H41ClN8O4/c1-20-26-10-9-21-15-28(45(33(21)41-26)12-7-5-6-8-22-17-39-18-24(37)31(22)35(46)40-20)34-42-27-14-23(16-30(49-4)32(27)43(34)2)36(47)44-13-11-29(48-3)25(38)19-44/h9-10,14-18,20,25,29H,5-8,11-13,19,38H2,1-4H3,(H,40,46)/t20-,25+,29-/m1/s1. The molecule has 256 valence electrons. The largest absolute Gasteiger partial charge is 0.494 e. The molecule has 0 saturated carbocycles. The van der Waals surface area contributed by atoms with E-state index in [9.17, 15) is 9.59 Å². The molecule has 7 rings (SSSR count). The van der Waals surface area contributed by atoms with Gasteiger partial charge in [0.1, 0.15) is 16.9 Å². The molecule has 5 aromatic rings. The number of nitrogens with zero attached hydrogens (tertiary/aromatic N) is 6. The molecule has 3 atom stereocenters. The number of carbonyl (C=O) groups is 2. The molecule has 0 unspecified atom stereocenters. The molecule has 4 aromatic heterocycles. The molecule has 2 amide bonds. The van der Waals surface area contributed by atoms with Crippen molar-refractivity contribution < 1.29 is 19.1 Å². The first-order valence-electron chi connectivity index (χ1n) is 16.7. The second-order valence-electron chi connectivity index (χ2n) is 13.0. The topological polar surface area (TPSA) is 142 Å². The van der Waals surface area contributed by atoms with Crippen LogP contribution >= 0.6 is 11.6 Å². The first-order chi connectivity index (χ1) is 23.7. The van der Waals surface area contributed by atoms with Gasteiger partial charge in [-0.2, -0.15) is 0 Å². The van der Waals surface area contributed by atoms with Crippen LogP contribution in [0.2, 0.25) is 5.02 Å². The second-order valence-corrected chi connectivity index (χ2v) is 13.4. The molecule has 1 fully saturated rings. The highest BCUT2D eigenvalue weighted by Crippen LogP contribution is 2.35. The van der Waals surface area contributed by atoms with Crippen molar-refractivity contribution >= 4 is 45.5 Å². The maximum atomic E-state index is 13.7. The van der Waals surface area contributed by atoms with Crippen molar-refractivity contribution in [2.45, 2.75) is 63.8 Å². The molecule has 49 heavy (non-hydrogen) atoms. The number of methoxy groups -OCH3 is 2. The van der Waals surface area contributed by atoms with Gasteiger partial charge in [0.05, 0.1) is 46.7 Å². The number of halogens is 1. The van der Waals surface area contributed by atoms with Crippen LogP contribution in [0.3, 0.4) is 0 Å². The fourth-order valence-corrected chi connectivity index (χ4v) is 7.52. The summed E-state index contributed by atoms with van der Waals surface area (Å²) in [6.45, 7) is 3.62. The number of likely N-dealkylation sites (tertiary alicyclic amines) is 1. The van der Waals surface area contributed by atoms with Crippen LogP contribution in [0.5, 0.6) is 5.75 Å². The van der Waals surface area contributed by atoms with Crippen molar-refractivity contribution in [2.24, 2.45) is 12.8 Å². The summed E-state index contributed by atoms with van der Waals surface area (Å²) in [6, 6.07) is 9.09. The van der Waals surface area contributed by atoms with Crippen LogP contribution in [0.4, 0.5) is 0 Å².